The molecule has 0 aromatic heterocycles. The highest BCUT2D eigenvalue weighted by Gasteiger charge is 2.08. The Labute approximate surface area is 117 Å². The Morgan fingerprint density at radius 3 is 2.56 bits per heavy atom. The lowest BCUT2D eigenvalue weighted by Crippen LogP contribution is -2.29. The molecule has 1 amide bonds. The molecule has 0 spiro atoms. The van der Waals surface area contributed by atoms with Crippen molar-refractivity contribution in [1.29, 1.82) is 0 Å². The zero-order chi connectivity index (χ0) is 13.4. The zero-order valence-electron chi connectivity index (χ0n) is 10.9. The molecule has 0 aliphatic rings. The standard InChI is InChI=1S/C14H20BrNO2/c1-3-5-12(15)10-16-14(17)11-6-8-13(9-7-11)18-4-2/h6-9,12H,3-5,10H2,1-2H3,(H,16,17). The molecule has 1 unspecified atom stereocenters. The maximum Gasteiger partial charge on any atom is 0.251 e. The average Bonchev–Trinajstić information content (AvgIpc) is 2.37. The van der Waals surface area contributed by atoms with E-state index in [2.05, 4.69) is 28.2 Å². The Hall–Kier alpha value is -1.03. The number of benzene rings is 1. The molecule has 0 aliphatic heterocycles. The molecular formula is C14H20BrNO2. The molecule has 1 aromatic rings. The highest BCUT2D eigenvalue weighted by molar-refractivity contribution is 9.09. The van der Waals surface area contributed by atoms with Crippen molar-refractivity contribution >= 4 is 21.8 Å². The summed E-state index contributed by atoms with van der Waals surface area (Å²) in [6.45, 7) is 5.35. The summed E-state index contributed by atoms with van der Waals surface area (Å²) in [6.07, 6.45) is 2.17. The minimum Gasteiger partial charge on any atom is -0.494 e. The Balaban J connectivity index is 2.46. The molecule has 18 heavy (non-hydrogen) atoms. The van der Waals surface area contributed by atoms with E-state index in [0.717, 1.165) is 18.6 Å². The lowest BCUT2D eigenvalue weighted by atomic mass is 10.2. The van der Waals surface area contributed by atoms with E-state index in [-0.39, 0.29) is 5.91 Å². The van der Waals surface area contributed by atoms with Crippen molar-refractivity contribution < 1.29 is 9.53 Å². The summed E-state index contributed by atoms with van der Waals surface area (Å²) >= 11 is 3.54. The smallest absolute Gasteiger partial charge is 0.251 e. The molecule has 1 N–H and O–H groups in total. The van der Waals surface area contributed by atoms with Crippen molar-refractivity contribution in [3.63, 3.8) is 0 Å². The van der Waals surface area contributed by atoms with Gasteiger partial charge in [0.2, 0.25) is 0 Å². The lowest BCUT2D eigenvalue weighted by Gasteiger charge is -2.10. The molecule has 0 aliphatic carbocycles. The van der Waals surface area contributed by atoms with E-state index < -0.39 is 0 Å². The molecule has 0 radical (unpaired) electrons. The number of nitrogens with one attached hydrogen (secondary N) is 1. The predicted octanol–water partition coefficient (Wildman–Crippen LogP) is 3.38. The molecule has 100 valence electrons. The highest BCUT2D eigenvalue weighted by atomic mass is 79.9. The van der Waals surface area contributed by atoms with Crippen molar-refractivity contribution in [1.82, 2.24) is 5.32 Å². The SMILES string of the molecule is CCCC(Br)CNC(=O)c1ccc(OCC)cc1. The van der Waals surface area contributed by atoms with Crippen LogP contribution in [-0.2, 0) is 0 Å². The van der Waals surface area contributed by atoms with Gasteiger partial charge in [-0.05, 0) is 37.6 Å². The van der Waals surface area contributed by atoms with Gasteiger partial charge in [-0.2, -0.15) is 0 Å². The van der Waals surface area contributed by atoms with Gasteiger partial charge in [-0.1, -0.05) is 29.3 Å². The normalized spacial score (nSPS) is 11.9. The molecule has 0 saturated carbocycles. The van der Waals surface area contributed by atoms with Crippen molar-refractivity contribution in [3.8, 4) is 5.75 Å². The van der Waals surface area contributed by atoms with Crippen molar-refractivity contribution in [2.75, 3.05) is 13.2 Å². The second kappa shape index (κ2) is 8.14. The van der Waals surface area contributed by atoms with Crippen LogP contribution in [-0.4, -0.2) is 23.9 Å². The number of ether oxygens (including phenoxy) is 1. The zero-order valence-corrected chi connectivity index (χ0v) is 12.5. The first-order chi connectivity index (χ1) is 8.67. The quantitative estimate of drug-likeness (QED) is 0.784. The lowest BCUT2D eigenvalue weighted by molar-refractivity contribution is 0.0953. The summed E-state index contributed by atoms with van der Waals surface area (Å²) in [6, 6.07) is 7.19. The number of halogens is 1. The van der Waals surface area contributed by atoms with Gasteiger partial charge >= 0.3 is 0 Å². The van der Waals surface area contributed by atoms with Gasteiger partial charge in [0, 0.05) is 16.9 Å². The van der Waals surface area contributed by atoms with Crippen molar-refractivity contribution in [3.05, 3.63) is 29.8 Å². The first kappa shape index (κ1) is 15.0. The summed E-state index contributed by atoms with van der Waals surface area (Å²) < 4.78 is 5.33. The second-order valence-electron chi connectivity index (χ2n) is 4.05. The van der Waals surface area contributed by atoms with Gasteiger partial charge in [0.15, 0.2) is 0 Å². The number of hydrogen-bond acceptors (Lipinski definition) is 2. The molecule has 1 atom stereocenters. The van der Waals surface area contributed by atoms with Crippen molar-refractivity contribution in [2.45, 2.75) is 31.5 Å². The van der Waals surface area contributed by atoms with Crippen LogP contribution in [0.1, 0.15) is 37.0 Å². The maximum absolute atomic E-state index is 11.8. The minimum absolute atomic E-state index is 0.0430. The molecule has 4 heteroatoms. The highest BCUT2D eigenvalue weighted by Crippen LogP contribution is 2.12. The Kier molecular flexibility index (Phi) is 6.80. The number of carbonyl (C=O) groups excluding carboxylic acids is 1. The van der Waals surface area contributed by atoms with Crippen LogP contribution >= 0.6 is 15.9 Å². The van der Waals surface area contributed by atoms with Crippen LogP contribution in [0.4, 0.5) is 0 Å². The van der Waals surface area contributed by atoms with Gasteiger partial charge in [0.1, 0.15) is 5.75 Å². The molecule has 1 rings (SSSR count). The van der Waals surface area contributed by atoms with Crippen LogP contribution in [0.15, 0.2) is 24.3 Å². The summed E-state index contributed by atoms with van der Waals surface area (Å²) in [5.41, 5.74) is 0.662. The third kappa shape index (κ3) is 5.08. The Morgan fingerprint density at radius 1 is 1.33 bits per heavy atom. The van der Waals surface area contributed by atoms with Crippen LogP contribution in [0.25, 0.3) is 0 Å². The van der Waals surface area contributed by atoms with Gasteiger partial charge in [-0.15, -0.1) is 0 Å². The molecule has 1 aromatic carbocycles. The second-order valence-corrected chi connectivity index (χ2v) is 5.35. The van der Waals surface area contributed by atoms with Gasteiger partial charge < -0.3 is 10.1 Å². The van der Waals surface area contributed by atoms with Crippen LogP contribution in [0, 0.1) is 0 Å². The molecule has 3 nitrogen and oxygen atoms in total. The van der Waals surface area contributed by atoms with Crippen LogP contribution < -0.4 is 10.1 Å². The van der Waals surface area contributed by atoms with Crippen LogP contribution in [0.3, 0.4) is 0 Å². The number of hydrogen-bond donors (Lipinski definition) is 1. The minimum atomic E-state index is -0.0430. The van der Waals surface area contributed by atoms with Crippen LogP contribution in [0.2, 0.25) is 0 Å². The van der Waals surface area contributed by atoms with Gasteiger partial charge in [0.05, 0.1) is 6.61 Å². The van der Waals surface area contributed by atoms with Crippen LogP contribution in [0.5, 0.6) is 5.75 Å². The average molecular weight is 314 g/mol. The fourth-order valence-electron chi connectivity index (χ4n) is 1.59. The first-order valence-electron chi connectivity index (χ1n) is 6.32. The summed E-state index contributed by atoms with van der Waals surface area (Å²) in [7, 11) is 0. The van der Waals surface area contributed by atoms with E-state index in [1.165, 1.54) is 0 Å². The molecule has 0 saturated heterocycles. The fourth-order valence-corrected chi connectivity index (χ4v) is 2.21. The van der Waals surface area contributed by atoms with Gasteiger partial charge in [-0.25, -0.2) is 0 Å². The third-order valence-electron chi connectivity index (χ3n) is 2.51. The van der Waals surface area contributed by atoms with E-state index >= 15 is 0 Å². The Morgan fingerprint density at radius 2 is 2.00 bits per heavy atom. The van der Waals surface area contributed by atoms with E-state index in [1.54, 1.807) is 12.1 Å². The van der Waals surface area contributed by atoms with Crippen molar-refractivity contribution in [2.24, 2.45) is 0 Å². The monoisotopic (exact) mass is 313 g/mol. The molecule has 0 fully saturated rings. The molecular weight excluding hydrogens is 294 g/mol. The van der Waals surface area contributed by atoms with E-state index in [1.807, 2.05) is 19.1 Å². The largest absolute Gasteiger partial charge is 0.494 e. The third-order valence-corrected chi connectivity index (χ3v) is 3.30. The molecule has 0 bridgehead atoms. The topological polar surface area (TPSA) is 38.3 Å². The Bertz CT molecular complexity index is 365. The molecule has 0 heterocycles. The number of carbonyl (C=O) groups is 1. The summed E-state index contributed by atoms with van der Waals surface area (Å²) in [5.74, 6) is 0.747. The van der Waals surface area contributed by atoms with Gasteiger partial charge in [-0.3, -0.25) is 4.79 Å². The summed E-state index contributed by atoms with van der Waals surface area (Å²) in [5, 5.41) is 2.91. The predicted molar refractivity (Wildman–Crippen MR) is 77.6 cm³/mol. The van der Waals surface area contributed by atoms with E-state index in [9.17, 15) is 4.79 Å². The maximum atomic E-state index is 11.8. The first-order valence-corrected chi connectivity index (χ1v) is 7.24. The number of amides is 1. The number of alkyl halides is 1. The fraction of sp³-hybridized carbons (Fsp3) is 0.500. The van der Waals surface area contributed by atoms with E-state index in [0.29, 0.717) is 23.5 Å². The van der Waals surface area contributed by atoms with E-state index in [4.69, 9.17) is 4.74 Å². The summed E-state index contributed by atoms with van der Waals surface area (Å²) in [4.78, 5) is 12.2. The number of rotatable bonds is 7. The van der Waals surface area contributed by atoms with Gasteiger partial charge in [0.25, 0.3) is 5.91 Å².